The van der Waals surface area contributed by atoms with E-state index >= 15 is 0 Å². The molecule has 6 heteroatoms. The molecule has 0 saturated heterocycles. The summed E-state index contributed by atoms with van der Waals surface area (Å²) in [5, 5.41) is 9.74. The summed E-state index contributed by atoms with van der Waals surface area (Å²) in [6.07, 6.45) is -0.519. The molecule has 1 N–H and O–H groups in total. The van der Waals surface area contributed by atoms with Crippen molar-refractivity contribution in [2.24, 2.45) is 0 Å². The lowest BCUT2D eigenvalue weighted by atomic mass is 9.98. The van der Waals surface area contributed by atoms with Crippen LogP contribution in [0.25, 0.3) is 11.1 Å². The zero-order chi connectivity index (χ0) is 22.7. The van der Waals surface area contributed by atoms with Crippen LogP contribution >= 0.6 is 0 Å². The van der Waals surface area contributed by atoms with Gasteiger partial charge in [0.1, 0.15) is 18.4 Å². The largest absolute Gasteiger partial charge is 0.497 e. The fraction of sp³-hybridized carbons (Fsp3) is 0.231. The maximum atomic E-state index is 12.8. The Bertz CT molecular complexity index is 1100. The van der Waals surface area contributed by atoms with Crippen molar-refractivity contribution < 1.29 is 24.2 Å². The number of rotatable bonds is 7. The SMILES string of the molecule is COc1cccc(C[C@H](C(=O)O)N(C)C(=O)OCC2c3ccccc3-c3ccccc32)c1. The first-order chi connectivity index (χ1) is 15.5. The van der Waals surface area contributed by atoms with Gasteiger partial charge in [-0.05, 0) is 39.9 Å². The number of likely N-dealkylation sites (N-methyl/N-ethyl adjacent to an activating group) is 1. The quantitative estimate of drug-likeness (QED) is 0.593. The minimum absolute atomic E-state index is 0.0820. The summed E-state index contributed by atoms with van der Waals surface area (Å²) in [5.41, 5.74) is 5.25. The van der Waals surface area contributed by atoms with Crippen LogP contribution < -0.4 is 4.74 Å². The Morgan fingerprint density at radius 2 is 1.59 bits per heavy atom. The maximum Gasteiger partial charge on any atom is 0.410 e. The summed E-state index contributed by atoms with van der Waals surface area (Å²) in [5.74, 6) is -0.541. The molecule has 3 aromatic carbocycles. The maximum absolute atomic E-state index is 12.8. The zero-order valence-corrected chi connectivity index (χ0v) is 18.0. The highest BCUT2D eigenvalue weighted by molar-refractivity contribution is 5.81. The first-order valence-corrected chi connectivity index (χ1v) is 10.4. The molecule has 4 rings (SSSR count). The molecule has 0 saturated carbocycles. The van der Waals surface area contributed by atoms with Crippen molar-refractivity contribution in [3.05, 3.63) is 89.5 Å². The fourth-order valence-electron chi connectivity index (χ4n) is 4.24. The van der Waals surface area contributed by atoms with Gasteiger partial charge in [0.2, 0.25) is 0 Å². The average Bonchev–Trinajstić information content (AvgIpc) is 3.14. The van der Waals surface area contributed by atoms with E-state index in [2.05, 4.69) is 12.1 Å². The number of fused-ring (bicyclic) bond motifs is 3. The van der Waals surface area contributed by atoms with E-state index in [-0.39, 0.29) is 18.9 Å². The predicted octanol–water partition coefficient (Wildman–Crippen LogP) is 4.57. The lowest BCUT2D eigenvalue weighted by molar-refractivity contribution is -0.142. The second-order valence-corrected chi connectivity index (χ2v) is 7.82. The summed E-state index contributed by atoms with van der Waals surface area (Å²) in [6, 6.07) is 22.2. The van der Waals surface area contributed by atoms with Gasteiger partial charge >= 0.3 is 12.1 Å². The summed E-state index contributed by atoms with van der Waals surface area (Å²) < 4.78 is 10.8. The molecule has 0 bridgehead atoms. The molecular formula is C26H25NO5. The third-order valence-electron chi connectivity index (χ3n) is 5.94. The topological polar surface area (TPSA) is 76.1 Å². The first-order valence-electron chi connectivity index (χ1n) is 10.4. The molecule has 1 aliphatic rings. The molecule has 0 unspecified atom stereocenters. The van der Waals surface area contributed by atoms with Gasteiger partial charge in [0.05, 0.1) is 7.11 Å². The molecule has 1 amide bonds. The Morgan fingerprint density at radius 1 is 0.969 bits per heavy atom. The summed E-state index contributed by atoms with van der Waals surface area (Å²) >= 11 is 0. The number of hydrogen-bond acceptors (Lipinski definition) is 4. The Labute approximate surface area is 187 Å². The number of carbonyl (C=O) groups excluding carboxylic acids is 1. The van der Waals surface area contributed by atoms with Crippen LogP contribution in [0.5, 0.6) is 5.75 Å². The number of aliphatic carboxylic acids is 1. The van der Waals surface area contributed by atoms with E-state index in [0.29, 0.717) is 5.75 Å². The van der Waals surface area contributed by atoms with Crippen molar-refractivity contribution in [1.29, 1.82) is 0 Å². The van der Waals surface area contributed by atoms with Crippen LogP contribution in [-0.4, -0.2) is 48.9 Å². The van der Waals surface area contributed by atoms with Crippen LogP contribution in [0.4, 0.5) is 4.79 Å². The molecule has 164 valence electrons. The minimum atomic E-state index is -1.09. The number of carboxylic acids is 1. The number of methoxy groups -OCH3 is 1. The van der Waals surface area contributed by atoms with Crippen molar-refractivity contribution in [3.63, 3.8) is 0 Å². The number of ether oxygens (including phenoxy) is 2. The summed E-state index contributed by atoms with van der Waals surface area (Å²) in [4.78, 5) is 25.9. The molecule has 0 spiro atoms. The van der Waals surface area contributed by atoms with Crippen LogP contribution in [0.15, 0.2) is 72.8 Å². The van der Waals surface area contributed by atoms with Crippen molar-refractivity contribution >= 4 is 12.1 Å². The molecule has 1 aliphatic carbocycles. The van der Waals surface area contributed by atoms with E-state index in [1.807, 2.05) is 42.5 Å². The zero-order valence-electron chi connectivity index (χ0n) is 18.0. The van der Waals surface area contributed by atoms with Gasteiger partial charge in [0, 0.05) is 19.4 Å². The van der Waals surface area contributed by atoms with Crippen molar-refractivity contribution in [2.45, 2.75) is 18.4 Å². The van der Waals surface area contributed by atoms with Gasteiger partial charge in [0.15, 0.2) is 0 Å². The first kappa shape index (κ1) is 21.4. The van der Waals surface area contributed by atoms with E-state index in [0.717, 1.165) is 32.7 Å². The van der Waals surface area contributed by atoms with Gasteiger partial charge in [-0.15, -0.1) is 0 Å². The predicted molar refractivity (Wildman–Crippen MR) is 121 cm³/mol. The third-order valence-corrected chi connectivity index (χ3v) is 5.94. The summed E-state index contributed by atoms with van der Waals surface area (Å²) in [7, 11) is 3.01. The van der Waals surface area contributed by atoms with Crippen molar-refractivity contribution in [3.8, 4) is 16.9 Å². The van der Waals surface area contributed by atoms with Gasteiger partial charge in [-0.1, -0.05) is 60.7 Å². The van der Waals surface area contributed by atoms with Gasteiger partial charge in [-0.2, -0.15) is 0 Å². The van der Waals surface area contributed by atoms with E-state index in [4.69, 9.17) is 9.47 Å². The molecule has 32 heavy (non-hydrogen) atoms. The fourth-order valence-corrected chi connectivity index (χ4v) is 4.24. The molecule has 3 aromatic rings. The smallest absolute Gasteiger partial charge is 0.410 e. The Morgan fingerprint density at radius 3 is 2.19 bits per heavy atom. The molecule has 0 aliphatic heterocycles. The van der Waals surface area contributed by atoms with Crippen molar-refractivity contribution in [2.75, 3.05) is 20.8 Å². The standard InChI is InChI=1S/C26H25NO5/c1-27(24(25(28)29)15-17-8-7-9-18(14-17)31-2)26(30)32-16-23-21-12-5-3-10-19(21)20-11-4-6-13-22(20)23/h3-14,23-24H,15-16H2,1-2H3,(H,28,29)/t24-/m1/s1. The second-order valence-electron chi connectivity index (χ2n) is 7.82. The average molecular weight is 431 g/mol. The Balaban J connectivity index is 1.47. The molecule has 0 radical (unpaired) electrons. The minimum Gasteiger partial charge on any atom is -0.497 e. The second kappa shape index (κ2) is 9.14. The molecule has 0 fully saturated rings. The molecular weight excluding hydrogens is 406 g/mol. The van der Waals surface area contributed by atoms with Crippen LogP contribution in [0.1, 0.15) is 22.6 Å². The molecule has 1 atom stereocenters. The monoisotopic (exact) mass is 431 g/mol. The van der Waals surface area contributed by atoms with Crippen LogP contribution in [0.2, 0.25) is 0 Å². The number of nitrogens with zero attached hydrogens (tertiary/aromatic N) is 1. The van der Waals surface area contributed by atoms with Gasteiger partial charge in [-0.3, -0.25) is 4.90 Å². The van der Waals surface area contributed by atoms with E-state index in [9.17, 15) is 14.7 Å². The Hall–Kier alpha value is -3.80. The highest BCUT2D eigenvalue weighted by Crippen LogP contribution is 2.44. The number of benzene rings is 3. The Kier molecular flexibility index (Phi) is 6.12. The van der Waals surface area contributed by atoms with Crippen LogP contribution in [0, 0.1) is 0 Å². The lowest BCUT2D eigenvalue weighted by Gasteiger charge is -2.25. The van der Waals surface area contributed by atoms with E-state index in [1.165, 1.54) is 7.05 Å². The van der Waals surface area contributed by atoms with Crippen molar-refractivity contribution in [1.82, 2.24) is 4.90 Å². The lowest BCUT2D eigenvalue weighted by Crippen LogP contribution is -2.44. The number of hydrogen-bond donors (Lipinski definition) is 1. The van der Waals surface area contributed by atoms with Crippen LogP contribution in [0.3, 0.4) is 0 Å². The normalized spacial score (nSPS) is 13.1. The van der Waals surface area contributed by atoms with E-state index in [1.54, 1.807) is 25.3 Å². The van der Waals surface area contributed by atoms with Gasteiger partial charge < -0.3 is 14.6 Å². The number of carbonyl (C=O) groups is 2. The number of amides is 1. The van der Waals surface area contributed by atoms with E-state index < -0.39 is 18.1 Å². The molecule has 0 heterocycles. The molecule has 6 nitrogen and oxygen atoms in total. The third kappa shape index (κ3) is 4.17. The van der Waals surface area contributed by atoms with Gasteiger partial charge in [0.25, 0.3) is 0 Å². The highest BCUT2D eigenvalue weighted by atomic mass is 16.6. The summed E-state index contributed by atoms with van der Waals surface area (Å²) in [6.45, 7) is 0.142. The van der Waals surface area contributed by atoms with Crippen LogP contribution in [-0.2, 0) is 16.0 Å². The highest BCUT2D eigenvalue weighted by Gasteiger charge is 2.32. The number of carboxylic acid groups (broad SMARTS) is 1. The molecule has 0 aromatic heterocycles. The van der Waals surface area contributed by atoms with Gasteiger partial charge in [-0.25, -0.2) is 9.59 Å².